The molecule has 25 heavy (non-hydrogen) atoms. The number of hydrogen-bond donors (Lipinski definition) is 1. The number of carbonyl (C=O) groups is 1. The number of aromatic nitrogens is 2. The third kappa shape index (κ3) is 3.10. The molecule has 0 aliphatic carbocycles. The van der Waals surface area contributed by atoms with Gasteiger partial charge >= 0.3 is 6.01 Å². The summed E-state index contributed by atoms with van der Waals surface area (Å²) in [5.74, 6) is 1.20. The summed E-state index contributed by atoms with van der Waals surface area (Å²) in [4.78, 5) is 12.5. The molecule has 0 fully saturated rings. The average molecular weight is 406 g/mol. The van der Waals surface area contributed by atoms with Crippen LogP contribution in [0, 0.1) is 0 Å². The fraction of sp³-hybridized carbons (Fsp3) is 0.188. The fourth-order valence-electron chi connectivity index (χ4n) is 2.39. The molecule has 0 spiro atoms. The molecule has 1 amide bonds. The highest BCUT2D eigenvalue weighted by molar-refractivity contribution is 9.10. The molecule has 0 saturated carbocycles. The lowest BCUT2D eigenvalue weighted by Crippen LogP contribution is -2.46. The summed E-state index contributed by atoms with van der Waals surface area (Å²) in [5, 5.41) is 10.2. The number of benzene rings is 1. The highest BCUT2D eigenvalue weighted by Gasteiger charge is 2.34. The van der Waals surface area contributed by atoms with Crippen LogP contribution in [0.4, 0.5) is 6.01 Å². The summed E-state index contributed by atoms with van der Waals surface area (Å²) in [6.07, 6.45) is -1.32. The standard InChI is InChI=1S/C16H12BrN3O5/c1-8-13(24-10-5-3-2-4-9(10)22-8)14(21)18-16-20-19-15(25-16)11-6-7-12(17)23-11/h2-8,13H,1H3,(H,18,20,21). The lowest BCUT2D eigenvalue weighted by atomic mass is 10.1. The molecule has 8 nitrogen and oxygen atoms in total. The van der Waals surface area contributed by atoms with E-state index in [0.717, 1.165) is 0 Å². The number of hydrogen-bond acceptors (Lipinski definition) is 7. The van der Waals surface area contributed by atoms with Crippen molar-refractivity contribution in [3.63, 3.8) is 0 Å². The van der Waals surface area contributed by atoms with Crippen LogP contribution in [0.1, 0.15) is 6.92 Å². The molecular formula is C16H12BrN3O5. The van der Waals surface area contributed by atoms with E-state index in [9.17, 15) is 4.79 Å². The van der Waals surface area contributed by atoms with E-state index >= 15 is 0 Å². The van der Waals surface area contributed by atoms with Gasteiger partial charge in [0.05, 0.1) is 0 Å². The minimum absolute atomic E-state index is 0.0535. The molecule has 2 aromatic heterocycles. The van der Waals surface area contributed by atoms with Gasteiger partial charge in [-0.15, -0.1) is 5.10 Å². The molecule has 2 unspecified atom stereocenters. The highest BCUT2D eigenvalue weighted by Crippen LogP contribution is 2.33. The van der Waals surface area contributed by atoms with Crippen molar-refractivity contribution in [2.75, 3.05) is 5.32 Å². The highest BCUT2D eigenvalue weighted by atomic mass is 79.9. The largest absolute Gasteiger partial charge is 0.482 e. The van der Waals surface area contributed by atoms with E-state index < -0.39 is 18.1 Å². The first-order valence-corrected chi connectivity index (χ1v) is 8.22. The predicted octanol–water partition coefficient (Wildman–Crippen LogP) is 3.26. The second-order valence-corrected chi connectivity index (χ2v) is 6.10. The van der Waals surface area contributed by atoms with E-state index in [2.05, 4.69) is 31.4 Å². The number of ether oxygens (including phenoxy) is 2. The van der Waals surface area contributed by atoms with E-state index in [1.54, 1.807) is 37.3 Å². The van der Waals surface area contributed by atoms with Gasteiger partial charge in [-0.25, -0.2) is 0 Å². The summed E-state index contributed by atoms with van der Waals surface area (Å²) in [5.41, 5.74) is 0. The van der Waals surface area contributed by atoms with Gasteiger partial charge in [0.2, 0.25) is 6.10 Å². The Kier molecular flexibility index (Phi) is 3.92. The van der Waals surface area contributed by atoms with Crippen LogP contribution in [-0.4, -0.2) is 28.3 Å². The van der Waals surface area contributed by atoms with E-state index in [-0.39, 0.29) is 11.9 Å². The Morgan fingerprint density at radius 1 is 1.08 bits per heavy atom. The number of fused-ring (bicyclic) bond motifs is 1. The summed E-state index contributed by atoms with van der Waals surface area (Å²) >= 11 is 3.19. The van der Waals surface area contributed by atoms with Gasteiger partial charge in [-0.3, -0.25) is 10.1 Å². The van der Waals surface area contributed by atoms with Crippen molar-refractivity contribution in [1.29, 1.82) is 0 Å². The lowest BCUT2D eigenvalue weighted by molar-refractivity contribution is -0.128. The number of carbonyl (C=O) groups excluding carboxylic acids is 1. The van der Waals surface area contributed by atoms with Crippen molar-refractivity contribution in [2.24, 2.45) is 0 Å². The van der Waals surface area contributed by atoms with Gasteiger partial charge in [-0.2, -0.15) is 0 Å². The Morgan fingerprint density at radius 3 is 2.56 bits per heavy atom. The van der Waals surface area contributed by atoms with Crippen LogP contribution in [0.15, 0.2) is 49.9 Å². The van der Waals surface area contributed by atoms with Gasteiger partial charge in [-0.05, 0) is 47.1 Å². The zero-order chi connectivity index (χ0) is 17.4. The van der Waals surface area contributed by atoms with Crippen molar-refractivity contribution >= 4 is 27.9 Å². The number of furan rings is 1. The fourth-order valence-corrected chi connectivity index (χ4v) is 2.69. The predicted molar refractivity (Wildman–Crippen MR) is 89.3 cm³/mol. The molecule has 1 aromatic carbocycles. The van der Waals surface area contributed by atoms with Gasteiger partial charge in [0.1, 0.15) is 6.10 Å². The second kappa shape index (κ2) is 6.25. The van der Waals surface area contributed by atoms with Crippen molar-refractivity contribution in [3.8, 4) is 23.1 Å². The van der Waals surface area contributed by atoms with E-state index in [0.29, 0.717) is 21.9 Å². The topological polar surface area (TPSA) is 99.6 Å². The Balaban J connectivity index is 1.48. The maximum Gasteiger partial charge on any atom is 0.322 e. The summed E-state index contributed by atoms with van der Waals surface area (Å²) in [7, 11) is 0. The molecule has 2 atom stereocenters. The van der Waals surface area contributed by atoms with Crippen molar-refractivity contribution < 1.29 is 23.1 Å². The first kappa shape index (κ1) is 15.7. The molecule has 128 valence electrons. The lowest BCUT2D eigenvalue weighted by Gasteiger charge is -2.30. The SMILES string of the molecule is CC1Oc2ccccc2OC1C(=O)Nc1nnc(-c2ccc(Br)o2)o1. The zero-order valence-electron chi connectivity index (χ0n) is 12.9. The van der Waals surface area contributed by atoms with E-state index in [1.165, 1.54) is 0 Å². The molecule has 3 heterocycles. The molecule has 3 aromatic rings. The summed E-state index contributed by atoms with van der Waals surface area (Å²) < 4.78 is 22.7. The van der Waals surface area contributed by atoms with Gasteiger partial charge < -0.3 is 18.3 Å². The van der Waals surface area contributed by atoms with Gasteiger partial charge in [0.15, 0.2) is 21.9 Å². The van der Waals surface area contributed by atoms with Crippen LogP contribution in [0.2, 0.25) is 0 Å². The quantitative estimate of drug-likeness (QED) is 0.713. The molecule has 1 aliphatic heterocycles. The number of halogens is 1. The molecular weight excluding hydrogens is 394 g/mol. The molecule has 1 N–H and O–H groups in total. The Morgan fingerprint density at radius 2 is 1.84 bits per heavy atom. The van der Waals surface area contributed by atoms with Crippen LogP contribution >= 0.6 is 15.9 Å². The maximum absolute atomic E-state index is 12.5. The Hall–Kier alpha value is -2.81. The minimum atomic E-state index is -0.844. The van der Waals surface area contributed by atoms with Crippen molar-refractivity contribution in [1.82, 2.24) is 10.2 Å². The van der Waals surface area contributed by atoms with Gasteiger partial charge in [0, 0.05) is 0 Å². The number of anilines is 1. The van der Waals surface area contributed by atoms with Gasteiger partial charge in [0.25, 0.3) is 11.8 Å². The van der Waals surface area contributed by atoms with E-state index in [1.807, 2.05) is 6.07 Å². The molecule has 0 bridgehead atoms. The smallest absolute Gasteiger partial charge is 0.322 e. The number of amides is 1. The average Bonchev–Trinajstić information content (AvgIpc) is 3.23. The van der Waals surface area contributed by atoms with Crippen molar-refractivity contribution in [3.05, 3.63) is 41.1 Å². The number of nitrogens with zero attached hydrogens (tertiary/aromatic N) is 2. The maximum atomic E-state index is 12.5. The third-order valence-electron chi connectivity index (χ3n) is 3.54. The first-order chi connectivity index (χ1) is 12.1. The Labute approximate surface area is 150 Å². The van der Waals surface area contributed by atoms with Crippen LogP contribution in [0.5, 0.6) is 11.5 Å². The zero-order valence-corrected chi connectivity index (χ0v) is 14.5. The monoisotopic (exact) mass is 405 g/mol. The normalized spacial score (nSPS) is 18.8. The van der Waals surface area contributed by atoms with Gasteiger partial charge in [-0.1, -0.05) is 17.2 Å². The second-order valence-electron chi connectivity index (χ2n) is 5.31. The molecule has 0 saturated heterocycles. The minimum Gasteiger partial charge on any atom is -0.482 e. The number of nitrogens with one attached hydrogen (secondary N) is 1. The van der Waals surface area contributed by atoms with E-state index in [4.69, 9.17) is 18.3 Å². The molecule has 9 heteroatoms. The summed E-state index contributed by atoms with van der Waals surface area (Å²) in [6, 6.07) is 10.5. The van der Waals surface area contributed by atoms with Crippen LogP contribution in [0.25, 0.3) is 11.7 Å². The first-order valence-electron chi connectivity index (χ1n) is 7.42. The summed E-state index contributed by atoms with van der Waals surface area (Å²) in [6.45, 7) is 1.75. The molecule has 0 radical (unpaired) electrons. The Bertz CT molecular complexity index is 922. The number of para-hydroxylation sites is 2. The van der Waals surface area contributed by atoms with Crippen LogP contribution in [0.3, 0.4) is 0 Å². The van der Waals surface area contributed by atoms with Crippen LogP contribution < -0.4 is 14.8 Å². The molecule has 1 aliphatic rings. The van der Waals surface area contributed by atoms with Crippen LogP contribution in [-0.2, 0) is 4.79 Å². The number of rotatable bonds is 3. The van der Waals surface area contributed by atoms with Crippen molar-refractivity contribution in [2.45, 2.75) is 19.1 Å². The molecule has 4 rings (SSSR count). The third-order valence-corrected chi connectivity index (χ3v) is 3.97.